The summed E-state index contributed by atoms with van der Waals surface area (Å²) < 4.78 is 0. The van der Waals surface area contributed by atoms with Crippen molar-refractivity contribution in [3.8, 4) is 0 Å². The molecule has 0 fully saturated rings. The first-order valence-electron chi connectivity index (χ1n) is 6.06. The first-order chi connectivity index (χ1) is 8.63. The van der Waals surface area contributed by atoms with E-state index in [1.807, 2.05) is 6.92 Å². The number of nitrogens with one attached hydrogen (secondary N) is 2. The second kappa shape index (κ2) is 5.39. The van der Waals surface area contributed by atoms with Crippen LogP contribution in [0, 0.1) is 0 Å². The Morgan fingerprint density at radius 3 is 2.83 bits per heavy atom. The quantitative estimate of drug-likeness (QED) is 0.785. The molecule has 2 amide bonds. The van der Waals surface area contributed by atoms with Crippen molar-refractivity contribution in [2.45, 2.75) is 32.6 Å². The number of hydrogen-bond donors (Lipinski definition) is 3. The van der Waals surface area contributed by atoms with Gasteiger partial charge in [0.25, 0.3) is 0 Å². The average molecular weight is 268 g/mol. The molecule has 0 saturated heterocycles. The molecule has 3 N–H and O–H groups in total. The van der Waals surface area contributed by atoms with Crippen molar-refractivity contribution in [2.24, 2.45) is 0 Å². The zero-order valence-electron chi connectivity index (χ0n) is 10.2. The normalized spacial score (nSPS) is 13.2. The van der Waals surface area contributed by atoms with E-state index < -0.39 is 5.97 Å². The summed E-state index contributed by atoms with van der Waals surface area (Å²) in [6, 6.07) is -0.334. The van der Waals surface area contributed by atoms with Gasteiger partial charge in [-0.25, -0.2) is 9.59 Å². The molecule has 5 nitrogen and oxygen atoms in total. The number of carboxylic acids is 1. The van der Waals surface area contributed by atoms with E-state index in [0.29, 0.717) is 11.5 Å². The molecule has 0 saturated carbocycles. The van der Waals surface area contributed by atoms with Gasteiger partial charge < -0.3 is 10.4 Å². The highest BCUT2D eigenvalue weighted by Crippen LogP contribution is 2.38. The maximum absolute atomic E-state index is 11.6. The first kappa shape index (κ1) is 12.9. The highest BCUT2D eigenvalue weighted by molar-refractivity contribution is 7.17. The topological polar surface area (TPSA) is 78.4 Å². The number of anilines is 1. The number of fused-ring (bicyclic) bond motifs is 1. The standard InChI is InChI=1S/C12H16N2O3S/c1-2-6-13-12(17)14-10-9(11(15)16)7-4-3-5-8(7)18-10/h2-6H2,1H3,(H,15,16)(H2,13,14,17). The number of carboxylic acid groups (broad SMARTS) is 1. The highest BCUT2D eigenvalue weighted by atomic mass is 32.1. The van der Waals surface area contributed by atoms with Gasteiger partial charge >= 0.3 is 12.0 Å². The lowest BCUT2D eigenvalue weighted by Crippen LogP contribution is -2.29. The molecule has 0 atom stereocenters. The summed E-state index contributed by atoms with van der Waals surface area (Å²) in [5.41, 5.74) is 1.18. The van der Waals surface area contributed by atoms with E-state index in [0.717, 1.165) is 36.1 Å². The van der Waals surface area contributed by atoms with Crippen LogP contribution in [0.1, 0.15) is 40.6 Å². The van der Waals surface area contributed by atoms with Crippen LogP contribution in [0.15, 0.2) is 0 Å². The van der Waals surface area contributed by atoms with Crippen LogP contribution >= 0.6 is 11.3 Å². The van der Waals surface area contributed by atoms with Gasteiger partial charge in [-0.3, -0.25) is 5.32 Å². The van der Waals surface area contributed by atoms with Gasteiger partial charge in [0.2, 0.25) is 0 Å². The van der Waals surface area contributed by atoms with E-state index in [9.17, 15) is 14.7 Å². The fourth-order valence-electron chi connectivity index (χ4n) is 2.10. The van der Waals surface area contributed by atoms with Crippen LogP contribution in [0.5, 0.6) is 0 Å². The summed E-state index contributed by atoms with van der Waals surface area (Å²) in [5, 5.41) is 15.0. The van der Waals surface area contributed by atoms with Gasteiger partial charge in [0.05, 0.1) is 5.56 Å². The number of carbonyl (C=O) groups is 2. The second-order valence-electron chi connectivity index (χ2n) is 4.25. The van der Waals surface area contributed by atoms with Crippen molar-refractivity contribution in [1.29, 1.82) is 0 Å². The molecule has 1 aromatic rings. The number of aryl methyl sites for hydroxylation is 1. The van der Waals surface area contributed by atoms with Crippen LogP contribution in [0.4, 0.5) is 9.80 Å². The van der Waals surface area contributed by atoms with E-state index in [1.54, 1.807) is 0 Å². The Bertz CT molecular complexity index is 482. The van der Waals surface area contributed by atoms with Crippen LogP contribution in [0.2, 0.25) is 0 Å². The average Bonchev–Trinajstić information content (AvgIpc) is 2.85. The van der Waals surface area contributed by atoms with E-state index in [1.165, 1.54) is 11.3 Å². The van der Waals surface area contributed by atoms with Crippen LogP contribution < -0.4 is 10.6 Å². The molecule has 0 aliphatic heterocycles. The van der Waals surface area contributed by atoms with Crippen molar-refractivity contribution in [2.75, 3.05) is 11.9 Å². The molecular formula is C12H16N2O3S. The van der Waals surface area contributed by atoms with Crippen LogP contribution in [-0.2, 0) is 12.8 Å². The molecule has 2 rings (SSSR count). The molecule has 1 heterocycles. The lowest BCUT2D eigenvalue weighted by atomic mass is 10.1. The number of thiophene rings is 1. The fourth-order valence-corrected chi connectivity index (χ4v) is 3.38. The van der Waals surface area contributed by atoms with Crippen molar-refractivity contribution in [1.82, 2.24) is 5.32 Å². The van der Waals surface area contributed by atoms with Crippen LogP contribution in [-0.4, -0.2) is 23.7 Å². The molecule has 0 spiro atoms. The van der Waals surface area contributed by atoms with Gasteiger partial charge in [-0.2, -0.15) is 0 Å². The summed E-state index contributed by atoms with van der Waals surface area (Å²) in [7, 11) is 0. The minimum absolute atomic E-state index is 0.277. The molecule has 1 aromatic heterocycles. The highest BCUT2D eigenvalue weighted by Gasteiger charge is 2.26. The number of carbonyl (C=O) groups excluding carboxylic acids is 1. The summed E-state index contributed by atoms with van der Waals surface area (Å²) in [6.07, 6.45) is 3.56. The number of rotatable bonds is 4. The Labute approximate surface area is 109 Å². The van der Waals surface area contributed by atoms with Crippen molar-refractivity contribution in [3.63, 3.8) is 0 Å². The predicted molar refractivity (Wildman–Crippen MR) is 70.6 cm³/mol. The molecule has 0 bridgehead atoms. The minimum atomic E-state index is -0.958. The fraction of sp³-hybridized carbons (Fsp3) is 0.500. The minimum Gasteiger partial charge on any atom is -0.478 e. The molecule has 1 aliphatic rings. The Balaban J connectivity index is 2.18. The van der Waals surface area contributed by atoms with E-state index in [4.69, 9.17) is 0 Å². The Kier molecular flexibility index (Phi) is 3.86. The lowest BCUT2D eigenvalue weighted by molar-refractivity contribution is 0.0697. The van der Waals surface area contributed by atoms with Gasteiger partial charge in [0.1, 0.15) is 5.00 Å². The zero-order chi connectivity index (χ0) is 13.1. The lowest BCUT2D eigenvalue weighted by Gasteiger charge is -2.06. The number of amides is 2. The van der Waals surface area contributed by atoms with E-state index in [2.05, 4.69) is 10.6 Å². The SMILES string of the molecule is CCCNC(=O)Nc1sc2c(c1C(=O)O)CCC2. The molecule has 0 radical (unpaired) electrons. The zero-order valence-corrected chi connectivity index (χ0v) is 11.0. The Morgan fingerprint density at radius 1 is 1.39 bits per heavy atom. The molecule has 18 heavy (non-hydrogen) atoms. The number of aromatic carboxylic acids is 1. The molecule has 1 aliphatic carbocycles. The third-order valence-corrected chi connectivity index (χ3v) is 4.11. The van der Waals surface area contributed by atoms with Crippen molar-refractivity contribution in [3.05, 3.63) is 16.0 Å². The predicted octanol–water partition coefficient (Wildman–Crippen LogP) is 2.47. The number of urea groups is 1. The molecule has 0 unspecified atom stereocenters. The maximum Gasteiger partial charge on any atom is 0.339 e. The van der Waals surface area contributed by atoms with Gasteiger partial charge in [-0.15, -0.1) is 11.3 Å². The Morgan fingerprint density at radius 2 is 2.17 bits per heavy atom. The largest absolute Gasteiger partial charge is 0.478 e. The molecule has 6 heteroatoms. The van der Waals surface area contributed by atoms with Crippen molar-refractivity contribution >= 4 is 28.3 Å². The van der Waals surface area contributed by atoms with Crippen molar-refractivity contribution < 1.29 is 14.7 Å². The van der Waals surface area contributed by atoms with E-state index in [-0.39, 0.29) is 11.6 Å². The smallest absolute Gasteiger partial charge is 0.339 e. The first-order valence-corrected chi connectivity index (χ1v) is 6.87. The monoisotopic (exact) mass is 268 g/mol. The summed E-state index contributed by atoms with van der Waals surface area (Å²) in [5.74, 6) is -0.958. The summed E-state index contributed by atoms with van der Waals surface area (Å²) in [4.78, 5) is 23.9. The molecular weight excluding hydrogens is 252 g/mol. The third-order valence-electron chi connectivity index (χ3n) is 2.90. The van der Waals surface area contributed by atoms with Gasteiger partial charge in [0.15, 0.2) is 0 Å². The summed E-state index contributed by atoms with van der Waals surface area (Å²) in [6.45, 7) is 2.54. The summed E-state index contributed by atoms with van der Waals surface area (Å²) >= 11 is 1.39. The van der Waals surface area contributed by atoms with Gasteiger partial charge in [-0.05, 0) is 31.2 Å². The third kappa shape index (κ3) is 2.48. The Hall–Kier alpha value is -1.56. The van der Waals surface area contributed by atoms with Crippen LogP contribution in [0.3, 0.4) is 0 Å². The van der Waals surface area contributed by atoms with Crippen LogP contribution in [0.25, 0.3) is 0 Å². The molecule has 0 aromatic carbocycles. The number of hydrogen-bond acceptors (Lipinski definition) is 3. The van der Waals surface area contributed by atoms with E-state index >= 15 is 0 Å². The van der Waals surface area contributed by atoms with Gasteiger partial charge in [-0.1, -0.05) is 6.92 Å². The molecule has 98 valence electrons. The van der Waals surface area contributed by atoms with Gasteiger partial charge in [0, 0.05) is 11.4 Å². The maximum atomic E-state index is 11.6. The second-order valence-corrected chi connectivity index (χ2v) is 5.35.